The SMILES string of the molecule is O=C(Nc1cccc(NC(=O)C2CC2)c1)c1cc[n+]([O-])cc1. The summed E-state index contributed by atoms with van der Waals surface area (Å²) in [4.78, 5) is 23.8. The Hall–Kier alpha value is -2.89. The maximum absolute atomic E-state index is 12.1. The number of anilines is 2. The van der Waals surface area contributed by atoms with Crippen molar-refractivity contribution in [2.45, 2.75) is 12.8 Å². The van der Waals surface area contributed by atoms with Crippen molar-refractivity contribution in [2.24, 2.45) is 5.92 Å². The molecule has 1 fully saturated rings. The molecule has 0 bridgehead atoms. The van der Waals surface area contributed by atoms with Crippen LogP contribution in [0, 0.1) is 11.1 Å². The number of rotatable bonds is 4. The molecular weight excluding hydrogens is 282 g/mol. The lowest BCUT2D eigenvalue weighted by atomic mass is 10.2. The van der Waals surface area contributed by atoms with Crippen LogP contribution in [0.1, 0.15) is 23.2 Å². The fraction of sp³-hybridized carbons (Fsp3) is 0.188. The van der Waals surface area contributed by atoms with Crippen LogP contribution in [-0.4, -0.2) is 11.8 Å². The van der Waals surface area contributed by atoms with Crippen LogP contribution in [0.15, 0.2) is 48.8 Å². The number of nitrogens with one attached hydrogen (secondary N) is 2. The van der Waals surface area contributed by atoms with Crippen molar-refractivity contribution in [3.63, 3.8) is 0 Å². The van der Waals surface area contributed by atoms with Gasteiger partial charge < -0.3 is 15.8 Å². The summed E-state index contributed by atoms with van der Waals surface area (Å²) in [7, 11) is 0. The third-order valence-electron chi connectivity index (χ3n) is 3.40. The van der Waals surface area contributed by atoms with Gasteiger partial charge >= 0.3 is 0 Å². The Kier molecular flexibility index (Phi) is 3.74. The first-order valence-electron chi connectivity index (χ1n) is 7.03. The fourth-order valence-corrected chi connectivity index (χ4v) is 2.03. The van der Waals surface area contributed by atoms with Crippen LogP contribution in [0.5, 0.6) is 0 Å². The molecule has 0 spiro atoms. The van der Waals surface area contributed by atoms with Gasteiger partial charge in [-0.05, 0) is 31.0 Å². The third kappa shape index (κ3) is 3.41. The molecule has 0 aliphatic heterocycles. The molecule has 0 radical (unpaired) electrons. The van der Waals surface area contributed by atoms with Crippen LogP contribution < -0.4 is 15.4 Å². The molecule has 2 aromatic rings. The van der Waals surface area contributed by atoms with Gasteiger partial charge in [-0.25, -0.2) is 0 Å². The lowest BCUT2D eigenvalue weighted by Crippen LogP contribution is -2.25. The second kappa shape index (κ2) is 5.85. The number of aromatic nitrogens is 1. The van der Waals surface area contributed by atoms with Gasteiger partial charge in [-0.15, -0.1) is 0 Å². The summed E-state index contributed by atoms with van der Waals surface area (Å²) in [5, 5.41) is 16.5. The Labute approximate surface area is 127 Å². The summed E-state index contributed by atoms with van der Waals surface area (Å²) in [6.45, 7) is 0. The number of hydrogen-bond acceptors (Lipinski definition) is 3. The zero-order valence-corrected chi connectivity index (χ0v) is 11.8. The summed E-state index contributed by atoms with van der Waals surface area (Å²) < 4.78 is 0.616. The van der Waals surface area contributed by atoms with Gasteiger partial charge in [0.15, 0.2) is 12.4 Å². The topological polar surface area (TPSA) is 85.1 Å². The molecule has 22 heavy (non-hydrogen) atoms. The van der Waals surface area contributed by atoms with Gasteiger partial charge in [-0.3, -0.25) is 9.59 Å². The van der Waals surface area contributed by atoms with Crippen LogP contribution in [0.3, 0.4) is 0 Å². The van der Waals surface area contributed by atoms with E-state index >= 15 is 0 Å². The lowest BCUT2D eigenvalue weighted by Gasteiger charge is -2.08. The number of carbonyl (C=O) groups is 2. The minimum atomic E-state index is -0.314. The Morgan fingerprint density at radius 2 is 1.68 bits per heavy atom. The molecular formula is C16H15N3O3. The van der Waals surface area contributed by atoms with E-state index in [9.17, 15) is 14.8 Å². The number of benzene rings is 1. The predicted molar refractivity (Wildman–Crippen MR) is 81.2 cm³/mol. The highest BCUT2D eigenvalue weighted by molar-refractivity contribution is 6.04. The van der Waals surface area contributed by atoms with E-state index in [0.717, 1.165) is 12.8 Å². The van der Waals surface area contributed by atoms with E-state index in [1.807, 2.05) is 0 Å². The summed E-state index contributed by atoms with van der Waals surface area (Å²) >= 11 is 0. The number of hydrogen-bond donors (Lipinski definition) is 2. The van der Waals surface area contributed by atoms with E-state index in [0.29, 0.717) is 21.7 Å². The number of amides is 2. The van der Waals surface area contributed by atoms with Crippen LogP contribution >= 0.6 is 0 Å². The smallest absolute Gasteiger partial charge is 0.256 e. The first-order chi connectivity index (χ1) is 10.6. The van der Waals surface area contributed by atoms with Gasteiger partial charge in [0.25, 0.3) is 5.91 Å². The molecule has 1 saturated carbocycles. The largest absolute Gasteiger partial charge is 0.619 e. The molecule has 1 aromatic heterocycles. The van der Waals surface area contributed by atoms with E-state index in [4.69, 9.17) is 0 Å². The normalized spacial score (nSPS) is 13.5. The summed E-state index contributed by atoms with van der Waals surface area (Å²) in [5.74, 6) is -0.167. The van der Waals surface area contributed by atoms with Gasteiger partial charge in [0.1, 0.15) is 0 Å². The van der Waals surface area contributed by atoms with Crippen molar-refractivity contribution in [2.75, 3.05) is 10.6 Å². The summed E-state index contributed by atoms with van der Waals surface area (Å²) in [6.07, 6.45) is 4.41. The molecule has 1 aliphatic rings. The van der Waals surface area contributed by atoms with Gasteiger partial charge in [-0.2, -0.15) is 4.73 Å². The standard InChI is InChI=1S/C16H15N3O3/c20-15(11-4-5-11)17-13-2-1-3-14(10-13)18-16(21)12-6-8-19(22)9-7-12/h1-3,6-11H,4-5H2,(H,17,20)(H,18,21). The highest BCUT2D eigenvalue weighted by Crippen LogP contribution is 2.30. The molecule has 3 rings (SSSR count). The van der Waals surface area contributed by atoms with Gasteiger partial charge in [-0.1, -0.05) is 6.07 Å². The van der Waals surface area contributed by atoms with E-state index < -0.39 is 0 Å². The second-order valence-corrected chi connectivity index (χ2v) is 5.25. The summed E-state index contributed by atoms with van der Waals surface area (Å²) in [6, 6.07) is 9.87. The number of nitrogens with zero attached hydrogens (tertiary/aromatic N) is 1. The minimum Gasteiger partial charge on any atom is -0.619 e. The van der Waals surface area contributed by atoms with E-state index in [1.54, 1.807) is 24.3 Å². The molecule has 0 saturated heterocycles. The van der Waals surface area contributed by atoms with E-state index in [2.05, 4.69) is 10.6 Å². The van der Waals surface area contributed by atoms with E-state index in [1.165, 1.54) is 24.5 Å². The minimum absolute atomic E-state index is 0.0199. The molecule has 1 aliphatic carbocycles. The first kappa shape index (κ1) is 14.1. The summed E-state index contributed by atoms with van der Waals surface area (Å²) in [5.41, 5.74) is 1.62. The van der Waals surface area contributed by atoms with Crippen LogP contribution in [0.2, 0.25) is 0 Å². The van der Waals surface area contributed by atoms with Crippen molar-refractivity contribution < 1.29 is 14.3 Å². The number of carbonyl (C=O) groups excluding carboxylic acids is 2. The average Bonchev–Trinajstić information content (AvgIpc) is 3.33. The molecule has 1 aromatic carbocycles. The van der Waals surface area contributed by atoms with Crippen LogP contribution in [-0.2, 0) is 4.79 Å². The fourth-order valence-electron chi connectivity index (χ4n) is 2.03. The van der Waals surface area contributed by atoms with Gasteiger partial charge in [0, 0.05) is 29.4 Å². The molecule has 0 atom stereocenters. The third-order valence-corrected chi connectivity index (χ3v) is 3.40. The average molecular weight is 297 g/mol. The van der Waals surface area contributed by atoms with Crippen molar-refractivity contribution in [1.29, 1.82) is 0 Å². The molecule has 2 amide bonds. The molecule has 6 heteroatoms. The van der Waals surface area contributed by atoms with Gasteiger partial charge in [0.05, 0.1) is 5.56 Å². The van der Waals surface area contributed by atoms with Crippen molar-refractivity contribution in [1.82, 2.24) is 0 Å². The highest BCUT2D eigenvalue weighted by atomic mass is 16.5. The van der Waals surface area contributed by atoms with Crippen molar-refractivity contribution in [3.05, 3.63) is 59.6 Å². The molecule has 2 N–H and O–H groups in total. The zero-order valence-electron chi connectivity index (χ0n) is 11.8. The van der Waals surface area contributed by atoms with Crippen molar-refractivity contribution >= 4 is 23.2 Å². The molecule has 0 unspecified atom stereocenters. The molecule has 1 heterocycles. The quantitative estimate of drug-likeness (QED) is 0.668. The Balaban J connectivity index is 1.67. The Bertz CT molecular complexity index is 709. The monoisotopic (exact) mass is 297 g/mol. The molecule has 6 nitrogen and oxygen atoms in total. The Morgan fingerprint density at radius 3 is 2.32 bits per heavy atom. The zero-order chi connectivity index (χ0) is 15.5. The number of pyridine rings is 1. The maximum Gasteiger partial charge on any atom is 0.256 e. The maximum atomic E-state index is 12.1. The lowest BCUT2D eigenvalue weighted by molar-refractivity contribution is -0.605. The highest BCUT2D eigenvalue weighted by Gasteiger charge is 2.29. The second-order valence-electron chi connectivity index (χ2n) is 5.25. The van der Waals surface area contributed by atoms with Gasteiger partial charge in [0.2, 0.25) is 5.91 Å². The van der Waals surface area contributed by atoms with Crippen LogP contribution in [0.25, 0.3) is 0 Å². The Morgan fingerprint density at radius 1 is 1.05 bits per heavy atom. The predicted octanol–water partition coefficient (Wildman–Crippen LogP) is 1.92. The van der Waals surface area contributed by atoms with Crippen molar-refractivity contribution in [3.8, 4) is 0 Å². The van der Waals surface area contributed by atoms with Crippen LogP contribution in [0.4, 0.5) is 11.4 Å². The molecule has 112 valence electrons. The first-order valence-corrected chi connectivity index (χ1v) is 7.03. The van der Waals surface area contributed by atoms with E-state index in [-0.39, 0.29) is 17.7 Å².